The maximum absolute atomic E-state index is 12.9. The summed E-state index contributed by atoms with van der Waals surface area (Å²) in [6.07, 6.45) is 9.05. The third-order valence-electron chi connectivity index (χ3n) is 8.20. The van der Waals surface area contributed by atoms with Crippen LogP contribution in [0, 0.1) is 17.3 Å². The average molecular weight is 516 g/mol. The minimum absolute atomic E-state index is 0.211. The summed E-state index contributed by atoms with van der Waals surface area (Å²) >= 11 is 0. The van der Waals surface area contributed by atoms with Crippen LogP contribution in [0.15, 0.2) is 91.0 Å². The molecule has 0 aromatic heterocycles. The van der Waals surface area contributed by atoms with Crippen LogP contribution < -0.4 is 21.2 Å². The van der Waals surface area contributed by atoms with E-state index >= 15 is 0 Å². The molecule has 0 saturated heterocycles. The van der Waals surface area contributed by atoms with Gasteiger partial charge in [-0.15, -0.1) is 0 Å². The maximum atomic E-state index is 12.9. The molecule has 2 nitrogen and oxygen atoms in total. The van der Waals surface area contributed by atoms with Crippen molar-refractivity contribution in [3.8, 4) is 0 Å². The van der Waals surface area contributed by atoms with Gasteiger partial charge in [0.25, 0.3) is 0 Å². The van der Waals surface area contributed by atoms with Crippen molar-refractivity contribution in [2.24, 2.45) is 17.3 Å². The van der Waals surface area contributed by atoms with Gasteiger partial charge in [-0.2, -0.15) is 0 Å². The summed E-state index contributed by atoms with van der Waals surface area (Å²) in [4.78, 5) is 12.9. The molecule has 0 radical (unpaired) electrons. The third kappa shape index (κ3) is 7.32. The summed E-state index contributed by atoms with van der Waals surface area (Å²) in [7, 11) is -2.17. The van der Waals surface area contributed by atoms with Crippen molar-refractivity contribution in [2.45, 2.75) is 65.7 Å². The zero-order chi connectivity index (χ0) is 26.1. The summed E-state index contributed by atoms with van der Waals surface area (Å²) in [6, 6.07) is 33.4. The number of amides is 1. The number of rotatable bonds is 10. The van der Waals surface area contributed by atoms with Crippen LogP contribution in [-0.2, 0) is 4.79 Å². The molecule has 4 rings (SSSR count). The second kappa shape index (κ2) is 12.9. The van der Waals surface area contributed by atoms with Crippen molar-refractivity contribution in [2.75, 3.05) is 12.7 Å². The Hall–Kier alpha value is -2.44. The fourth-order valence-corrected chi connectivity index (χ4v) is 11.4. The van der Waals surface area contributed by atoms with Gasteiger partial charge >= 0.3 is 205 Å². The Morgan fingerprint density at radius 3 is 1.62 bits per heavy atom. The van der Waals surface area contributed by atoms with Gasteiger partial charge in [-0.3, -0.25) is 0 Å². The van der Waals surface area contributed by atoms with Gasteiger partial charge in [0.05, 0.1) is 0 Å². The molecule has 0 aliphatic heterocycles. The van der Waals surface area contributed by atoms with E-state index in [1.54, 1.807) is 0 Å². The summed E-state index contributed by atoms with van der Waals surface area (Å²) < 4.78 is 0. The second-order valence-corrected chi connectivity index (χ2v) is 16.3. The standard InChI is InChI=1S/C34H46NOP/c1-34(2,3)27-28-21-23-29(24-22-28)33(36)35-25-13-14-26-37(30-15-7-4-8-16-30,31-17-9-5-10-18-31)32-19-11-6-12-20-32/h4-12,15-20,28-29,37H,13-14,21-27H2,1-3H3,(H,35,36). The summed E-state index contributed by atoms with van der Waals surface area (Å²) in [5, 5.41) is 7.68. The molecule has 0 heterocycles. The topological polar surface area (TPSA) is 29.1 Å². The van der Waals surface area contributed by atoms with E-state index in [4.69, 9.17) is 0 Å². The molecule has 1 aliphatic carbocycles. The number of unbranched alkanes of at least 4 members (excludes halogenated alkanes) is 1. The zero-order valence-electron chi connectivity index (χ0n) is 23.1. The predicted molar refractivity (Wildman–Crippen MR) is 163 cm³/mol. The van der Waals surface area contributed by atoms with Crippen molar-refractivity contribution in [1.82, 2.24) is 5.32 Å². The van der Waals surface area contributed by atoms with E-state index in [1.165, 1.54) is 35.2 Å². The molecule has 1 fully saturated rings. The van der Waals surface area contributed by atoms with E-state index in [9.17, 15) is 4.79 Å². The Balaban J connectivity index is 1.38. The Kier molecular flexibility index (Phi) is 9.60. The van der Waals surface area contributed by atoms with Crippen LogP contribution in [0.3, 0.4) is 0 Å². The van der Waals surface area contributed by atoms with Crippen molar-refractivity contribution < 1.29 is 4.79 Å². The van der Waals surface area contributed by atoms with E-state index in [1.807, 2.05) is 0 Å². The van der Waals surface area contributed by atoms with Crippen LogP contribution in [0.2, 0.25) is 0 Å². The van der Waals surface area contributed by atoms with Crippen LogP contribution in [0.5, 0.6) is 0 Å². The number of carbonyl (C=O) groups excluding carboxylic acids is 1. The van der Waals surface area contributed by atoms with Crippen LogP contribution in [0.4, 0.5) is 0 Å². The SMILES string of the molecule is CC(C)(C)CC1CCC(C(=O)NCCCC[PH](c2ccccc2)(c2ccccc2)c2ccccc2)CC1. The first-order chi connectivity index (χ1) is 17.9. The van der Waals surface area contributed by atoms with E-state index in [0.29, 0.717) is 5.41 Å². The van der Waals surface area contributed by atoms with E-state index in [-0.39, 0.29) is 11.8 Å². The molecule has 198 valence electrons. The molecule has 3 aromatic rings. The first kappa shape index (κ1) is 27.6. The predicted octanol–water partition coefficient (Wildman–Crippen LogP) is 6.85. The van der Waals surface area contributed by atoms with Crippen molar-refractivity contribution >= 4 is 29.1 Å². The van der Waals surface area contributed by atoms with E-state index in [2.05, 4.69) is 117 Å². The Morgan fingerprint density at radius 2 is 1.19 bits per heavy atom. The molecule has 37 heavy (non-hydrogen) atoms. The van der Waals surface area contributed by atoms with Gasteiger partial charge in [0.1, 0.15) is 0 Å². The molecular weight excluding hydrogens is 469 g/mol. The Morgan fingerprint density at radius 1 is 0.730 bits per heavy atom. The van der Waals surface area contributed by atoms with Gasteiger partial charge in [0.2, 0.25) is 0 Å². The number of nitrogens with one attached hydrogen (secondary N) is 1. The average Bonchev–Trinajstić information content (AvgIpc) is 2.92. The molecule has 0 atom stereocenters. The van der Waals surface area contributed by atoms with Gasteiger partial charge in [-0.05, 0) is 0 Å². The molecular formula is C34H46NOP. The van der Waals surface area contributed by atoms with Gasteiger partial charge in [0, 0.05) is 0 Å². The molecule has 1 N–H and O–H groups in total. The number of hydrogen-bond acceptors (Lipinski definition) is 1. The third-order valence-corrected chi connectivity index (χ3v) is 13.3. The van der Waals surface area contributed by atoms with Crippen molar-refractivity contribution in [3.63, 3.8) is 0 Å². The van der Waals surface area contributed by atoms with Gasteiger partial charge in [0.15, 0.2) is 0 Å². The normalized spacial score (nSPS) is 18.8. The molecule has 3 aromatic carbocycles. The molecule has 1 amide bonds. The molecule has 1 saturated carbocycles. The van der Waals surface area contributed by atoms with Crippen molar-refractivity contribution in [3.05, 3.63) is 91.0 Å². The number of benzene rings is 3. The van der Waals surface area contributed by atoms with Gasteiger partial charge in [-0.25, -0.2) is 0 Å². The number of carbonyl (C=O) groups is 1. The van der Waals surface area contributed by atoms with Crippen LogP contribution in [0.1, 0.15) is 65.7 Å². The molecule has 0 bridgehead atoms. The Bertz CT molecular complexity index is 986. The Labute approximate surface area is 225 Å². The second-order valence-electron chi connectivity index (χ2n) is 12.2. The summed E-state index contributed by atoms with van der Waals surface area (Å²) in [6.45, 7) is 7.77. The molecule has 0 spiro atoms. The summed E-state index contributed by atoms with van der Waals surface area (Å²) in [5.74, 6) is 1.28. The zero-order valence-corrected chi connectivity index (χ0v) is 24.1. The van der Waals surface area contributed by atoms with Crippen LogP contribution in [0.25, 0.3) is 0 Å². The quantitative estimate of drug-likeness (QED) is 0.232. The first-order valence-electron chi connectivity index (χ1n) is 14.3. The molecule has 3 heteroatoms. The van der Waals surface area contributed by atoms with E-state index < -0.39 is 7.26 Å². The van der Waals surface area contributed by atoms with E-state index in [0.717, 1.165) is 44.3 Å². The first-order valence-corrected chi connectivity index (χ1v) is 16.5. The minimum atomic E-state index is -2.17. The monoisotopic (exact) mass is 515 g/mol. The fourth-order valence-electron chi connectivity index (χ4n) is 6.47. The van der Waals surface area contributed by atoms with Gasteiger partial charge in [-0.1, -0.05) is 20.8 Å². The summed E-state index contributed by atoms with van der Waals surface area (Å²) in [5.41, 5.74) is 0.386. The van der Waals surface area contributed by atoms with Crippen LogP contribution in [-0.4, -0.2) is 18.6 Å². The number of hydrogen-bond donors (Lipinski definition) is 1. The van der Waals surface area contributed by atoms with Crippen LogP contribution >= 0.6 is 7.26 Å². The fraction of sp³-hybridized carbons (Fsp3) is 0.441. The molecule has 1 aliphatic rings. The van der Waals surface area contributed by atoms with Crippen molar-refractivity contribution in [1.29, 1.82) is 0 Å². The van der Waals surface area contributed by atoms with Gasteiger partial charge < -0.3 is 0 Å². The molecule has 0 unspecified atom stereocenters.